The average Bonchev–Trinajstić information content (AvgIpc) is 3.19. The Balaban J connectivity index is 1.66. The number of nitrogens with two attached hydrogens (primary N) is 1. The number of nitrogens with one attached hydrogen (secondary N) is 3. The maximum Gasteiger partial charge on any atom is 0.326 e. The fourth-order valence-corrected chi connectivity index (χ4v) is 4.40. The van der Waals surface area contributed by atoms with Crippen LogP contribution in [0, 0.1) is 5.92 Å². The van der Waals surface area contributed by atoms with E-state index in [2.05, 4.69) is 15.6 Å². The van der Waals surface area contributed by atoms with E-state index in [0.717, 1.165) is 35.7 Å². The molecule has 10 nitrogen and oxygen atoms in total. The van der Waals surface area contributed by atoms with Gasteiger partial charge in [0.25, 0.3) is 0 Å². The molecule has 1 aromatic carbocycles. The fraction of sp³-hybridized carbons (Fsp3) is 0.478. The van der Waals surface area contributed by atoms with E-state index in [9.17, 15) is 29.4 Å². The maximum atomic E-state index is 12.8. The van der Waals surface area contributed by atoms with Crippen LogP contribution in [-0.4, -0.2) is 57.1 Å². The van der Waals surface area contributed by atoms with E-state index >= 15 is 0 Å². The standard InChI is InChI=1S/C23H30N4O6/c24-16(10-14-12-25-17-9-5-4-8-15(14)17)21(30)26-18(11-19(28)29)22(31)27-20(23(32)33)13-6-2-1-3-7-13/h4-5,8-9,12-13,16,18,20,25H,1-3,6-7,10-11,24H2,(H,26,30)(H,27,31)(H,28,29)(H,32,33)/t16-,18-,20-/m0/s1. The van der Waals surface area contributed by atoms with Crippen molar-refractivity contribution >= 4 is 34.7 Å². The second-order valence-corrected chi connectivity index (χ2v) is 8.55. The van der Waals surface area contributed by atoms with Gasteiger partial charge in [-0.2, -0.15) is 0 Å². The lowest BCUT2D eigenvalue weighted by molar-refractivity contribution is -0.145. The van der Waals surface area contributed by atoms with Gasteiger partial charge in [-0.1, -0.05) is 37.5 Å². The number of fused-ring (bicyclic) bond motifs is 1. The first-order valence-electron chi connectivity index (χ1n) is 11.1. The average molecular weight is 459 g/mol. The van der Waals surface area contributed by atoms with E-state index in [4.69, 9.17) is 5.73 Å². The molecule has 0 radical (unpaired) electrons. The summed E-state index contributed by atoms with van der Waals surface area (Å²) in [5, 5.41) is 24.6. The predicted molar refractivity (Wildman–Crippen MR) is 120 cm³/mol. The fourth-order valence-electron chi connectivity index (χ4n) is 4.40. The number of amides is 2. The van der Waals surface area contributed by atoms with Crippen LogP contribution in [-0.2, 0) is 25.6 Å². The third kappa shape index (κ3) is 6.32. The largest absolute Gasteiger partial charge is 0.481 e. The summed E-state index contributed by atoms with van der Waals surface area (Å²) in [7, 11) is 0. The Morgan fingerprint density at radius 3 is 2.39 bits per heavy atom. The van der Waals surface area contributed by atoms with Crippen LogP contribution in [0.4, 0.5) is 0 Å². The molecule has 3 rings (SSSR count). The highest BCUT2D eigenvalue weighted by atomic mass is 16.4. The number of carboxylic acid groups (broad SMARTS) is 2. The van der Waals surface area contributed by atoms with Gasteiger partial charge < -0.3 is 31.6 Å². The molecule has 3 atom stereocenters. The zero-order chi connectivity index (χ0) is 24.0. The lowest BCUT2D eigenvalue weighted by Crippen LogP contribution is -2.56. The van der Waals surface area contributed by atoms with Crippen LogP contribution in [0.2, 0.25) is 0 Å². The highest BCUT2D eigenvalue weighted by molar-refractivity contribution is 5.94. The number of para-hydroxylation sites is 1. The summed E-state index contributed by atoms with van der Waals surface area (Å²) < 4.78 is 0. The van der Waals surface area contributed by atoms with Crippen molar-refractivity contribution in [2.45, 2.75) is 63.1 Å². The molecule has 33 heavy (non-hydrogen) atoms. The summed E-state index contributed by atoms with van der Waals surface area (Å²) in [5.41, 5.74) is 7.76. The molecule has 0 unspecified atom stereocenters. The smallest absolute Gasteiger partial charge is 0.326 e. The zero-order valence-corrected chi connectivity index (χ0v) is 18.3. The molecule has 0 aliphatic heterocycles. The highest BCUT2D eigenvalue weighted by Gasteiger charge is 2.34. The summed E-state index contributed by atoms with van der Waals surface area (Å²) in [6.07, 6.45) is 5.35. The number of aromatic amines is 1. The van der Waals surface area contributed by atoms with Crippen LogP contribution in [0.3, 0.4) is 0 Å². The number of aliphatic carboxylic acids is 2. The van der Waals surface area contributed by atoms with Crippen LogP contribution in [0.25, 0.3) is 10.9 Å². The third-order valence-electron chi connectivity index (χ3n) is 6.15. The molecule has 0 bridgehead atoms. The normalized spacial score (nSPS) is 17.1. The van der Waals surface area contributed by atoms with E-state index in [0.29, 0.717) is 12.8 Å². The molecule has 1 heterocycles. The van der Waals surface area contributed by atoms with Gasteiger partial charge in [0.2, 0.25) is 11.8 Å². The minimum Gasteiger partial charge on any atom is -0.481 e. The van der Waals surface area contributed by atoms with Crippen molar-refractivity contribution in [3.05, 3.63) is 36.0 Å². The lowest BCUT2D eigenvalue weighted by Gasteiger charge is -2.29. The topological polar surface area (TPSA) is 175 Å². The van der Waals surface area contributed by atoms with Gasteiger partial charge in [-0.15, -0.1) is 0 Å². The Kier molecular flexibility index (Phi) is 8.05. The predicted octanol–water partition coefficient (Wildman–Crippen LogP) is 1.15. The summed E-state index contributed by atoms with van der Waals surface area (Å²) in [4.78, 5) is 51.6. The van der Waals surface area contributed by atoms with E-state index in [1.807, 2.05) is 24.3 Å². The molecule has 2 aromatic rings. The number of benzene rings is 1. The van der Waals surface area contributed by atoms with Crippen LogP contribution in [0.5, 0.6) is 0 Å². The number of aromatic nitrogens is 1. The van der Waals surface area contributed by atoms with Gasteiger partial charge in [0.15, 0.2) is 0 Å². The first kappa shape index (κ1) is 24.2. The maximum absolute atomic E-state index is 12.8. The number of carbonyl (C=O) groups is 4. The molecule has 1 fully saturated rings. The second-order valence-electron chi connectivity index (χ2n) is 8.55. The van der Waals surface area contributed by atoms with Gasteiger partial charge in [-0.05, 0) is 36.8 Å². The number of carbonyl (C=O) groups excluding carboxylic acids is 2. The van der Waals surface area contributed by atoms with Crippen molar-refractivity contribution in [1.82, 2.24) is 15.6 Å². The number of hydrogen-bond acceptors (Lipinski definition) is 5. The van der Waals surface area contributed by atoms with E-state index in [-0.39, 0.29) is 12.3 Å². The van der Waals surface area contributed by atoms with Crippen LogP contribution >= 0.6 is 0 Å². The van der Waals surface area contributed by atoms with Gasteiger partial charge in [0.05, 0.1) is 12.5 Å². The molecule has 7 N–H and O–H groups in total. The van der Waals surface area contributed by atoms with Crippen LogP contribution in [0.15, 0.2) is 30.5 Å². The molecule has 1 aliphatic rings. The quantitative estimate of drug-likeness (QED) is 0.309. The van der Waals surface area contributed by atoms with E-state index in [1.165, 1.54) is 0 Å². The zero-order valence-electron chi connectivity index (χ0n) is 18.3. The van der Waals surface area contributed by atoms with Gasteiger partial charge >= 0.3 is 11.9 Å². The molecule has 2 amide bonds. The van der Waals surface area contributed by atoms with Gasteiger partial charge in [-0.3, -0.25) is 14.4 Å². The van der Waals surface area contributed by atoms with Crippen molar-refractivity contribution in [1.29, 1.82) is 0 Å². The third-order valence-corrected chi connectivity index (χ3v) is 6.15. The Hall–Kier alpha value is -3.40. The Bertz CT molecular complexity index is 1010. The van der Waals surface area contributed by atoms with Gasteiger partial charge in [0, 0.05) is 17.1 Å². The minimum absolute atomic E-state index is 0.178. The van der Waals surface area contributed by atoms with Crippen molar-refractivity contribution in [3.63, 3.8) is 0 Å². The lowest BCUT2D eigenvalue weighted by atomic mass is 9.83. The first-order valence-corrected chi connectivity index (χ1v) is 11.1. The number of H-pyrrole nitrogens is 1. The SMILES string of the molecule is N[C@@H](Cc1c[nH]c2ccccc12)C(=O)N[C@@H](CC(=O)O)C(=O)N[C@H](C(=O)O)C1CCCCC1. The molecular weight excluding hydrogens is 428 g/mol. The van der Waals surface area contributed by atoms with Crippen molar-refractivity contribution in [3.8, 4) is 0 Å². The monoisotopic (exact) mass is 458 g/mol. The van der Waals surface area contributed by atoms with Crippen molar-refractivity contribution < 1.29 is 29.4 Å². The van der Waals surface area contributed by atoms with Gasteiger partial charge in [-0.25, -0.2) is 4.79 Å². The molecule has 0 saturated heterocycles. The molecule has 1 aliphatic carbocycles. The molecule has 1 saturated carbocycles. The summed E-state index contributed by atoms with van der Waals surface area (Å²) in [5.74, 6) is -4.24. The highest BCUT2D eigenvalue weighted by Crippen LogP contribution is 2.26. The number of rotatable bonds is 10. The van der Waals surface area contributed by atoms with Crippen molar-refractivity contribution in [2.75, 3.05) is 0 Å². The summed E-state index contributed by atoms with van der Waals surface area (Å²) in [6.45, 7) is 0. The van der Waals surface area contributed by atoms with Crippen LogP contribution in [0.1, 0.15) is 44.1 Å². The molecule has 178 valence electrons. The summed E-state index contributed by atoms with van der Waals surface area (Å²) >= 11 is 0. The van der Waals surface area contributed by atoms with E-state index < -0.39 is 48.3 Å². The number of hydrogen-bond donors (Lipinski definition) is 6. The Morgan fingerprint density at radius 1 is 1.03 bits per heavy atom. The molecule has 0 spiro atoms. The summed E-state index contributed by atoms with van der Waals surface area (Å²) in [6, 6.07) is 3.93. The Labute approximate surface area is 190 Å². The second kappa shape index (κ2) is 11.0. The first-order chi connectivity index (χ1) is 15.8. The number of carboxylic acids is 2. The Morgan fingerprint density at radius 2 is 1.73 bits per heavy atom. The minimum atomic E-state index is -1.44. The van der Waals surface area contributed by atoms with Gasteiger partial charge in [0.1, 0.15) is 12.1 Å². The van der Waals surface area contributed by atoms with E-state index in [1.54, 1.807) is 6.20 Å². The molecule has 1 aromatic heterocycles. The van der Waals surface area contributed by atoms with Crippen molar-refractivity contribution in [2.24, 2.45) is 11.7 Å². The molecular formula is C23H30N4O6. The molecule has 10 heteroatoms. The van der Waals surface area contributed by atoms with Crippen LogP contribution < -0.4 is 16.4 Å².